The van der Waals surface area contributed by atoms with Crippen LogP contribution in [0.4, 0.5) is 20.2 Å². The third-order valence-corrected chi connectivity index (χ3v) is 7.36. The number of alkyl halides is 2. The molecule has 1 amide bonds. The van der Waals surface area contributed by atoms with Crippen molar-refractivity contribution in [1.82, 2.24) is 10.2 Å². The summed E-state index contributed by atoms with van der Waals surface area (Å²) in [5, 5.41) is 13.7. The van der Waals surface area contributed by atoms with Gasteiger partial charge < -0.3 is 25.7 Å². The Kier molecular flexibility index (Phi) is 6.32. The molecule has 0 aliphatic carbocycles. The van der Waals surface area contributed by atoms with E-state index in [0.717, 1.165) is 55.6 Å². The third-order valence-electron chi connectivity index (χ3n) is 7.36. The van der Waals surface area contributed by atoms with E-state index in [9.17, 15) is 13.6 Å². The van der Waals surface area contributed by atoms with E-state index in [1.807, 2.05) is 30.9 Å². The fourth-order valence-corrected chi connectivity index (χ4v) is 5.67. The quantitative estimate of drug-likeness (QED) is 0.412. The number of hydrogen-bond acceptors (Lipinski definition) is 7. The first-order valence-electron chi connectivity index (χ1n) is 12.3. The van der Waals surface area contributed by atoms with E-state index in [2.05, 4.69) is 20.5 Å². The Bertz CT molecular complexity index is 1140. The number of hydrogen-bond donors (Lipinski definition) is 3. The molecule has 4 heterocycles. The molecule has 4 aliphatic rings. The van der Waals surface area contributed by atoms with Crippen molar-refractivity contribution >= 4 is 29.7 Å². The molecule has 1 spiro atoms. The van der Waals surface area contributed by atoms with Gasteiger partial charge >= 0.3 is 0 Å². The number of ether oxygens (including phenoxy) is 1. The number of halogens is 2. The molecule has 0 unspecified atom stereocenters. The second kappa shape index (κ2) is 9.31. The van der Waals surface area contributed by atoms with Gasteiger partial charge in [0.2, 0.25) is 0 Å². The van der Waals surface area contributed by atoms with Gasteiger partial charge in [0.25, 0.3) is 12.3 Å². The van der Waals surface area contributed by atoms with Crippen molar-refractivity contribution in [2.24, 2.45) is 10.4 Å². The fourth-order valence-electron chi connectivity index (χ4n) is 5.67. The van der Waals surface area contributed by atoms with Crippen LogP contribution in [0.1, 0.15) is 32.3 Å². The highest BCUT2D eigenvalue weighted by Gasteiger charge is 2.45. The predicted octanol–water partition coefficient (Wildman–Crippen LogP) is 3.55. The molecule has 3 N–H and O–H groups in total. The predicted molar refractivity (Wildman–Crippen MR) is 136 cm³/mol. The fraction of sp³-hybridized carbons (Fsp3) is 0.500. The Morgan fingerprint density at radius 2 is 2.06 bits per heavy atom. The molecule has 0 aromatic heterocycles. The molecule has 10 heteroatoms. The average Bonchev–Trinajstić information content (AvgIpc) is 3.11. The van der Waals surface area contributed by atoms with E-state index in [4.69, 9.17) is 10.1 Å². The van der Waals surface area contributed by atoms with Crippen molar-refractivity contribution in [3.8, 4) is 5.75 Å². The maximum absolute atomic E-state index is 13.2. The van der Waals surface area contributed by atoms with Gasteiger partial charge in [-0.3, -0.25) is 9.69 Å². The highest BCUT2D eigenvalue weighted by molar-refractivity contribution is 6.18. The summed E-state index contributed by atoms with van der Waals surface area (Å²) in [4.78, 5) is 21.5. The highest BCUT2D eigenvalue weighted by atomic mass is 19.3. The van der Waals surface area contributed by atoms with Crippen LogP contribution >= 0.6 is 0 Å². The lowest BCUT2D eigenvalue weighted by Gasteiger charge is -2.54. The SMILES string of the molecule is CC1(C)Cc2cc(NC(=O)/C(C=N)=C3\N=CC=CN3)c(N3CCC4(CC3)CN(CC(F)F)C4)cc2O1. The molecule has 36 heavy (non-hydrogen) atoms. The summed E-state index contributed by atoms with van der Waals surface area (Å²) in [5.41, 5.74) is 2.45. The molecule has 4 aliphatic heterocycles. The molecule has 1 aromatic carbocycles. The number of anilines is 2. The highest BCUT2D eigenvalue weighted by Crippen LogP contribution is 2.45. The molecule has 1 aromatic rings. The number of fused-ring (bicyclic) bond motifs is 1. The van der Waals surface area contributed by atoms with Crippen molar-refractivity contribution in [1.29, 1.82) is 5.41 Å². The van der Waals surface area contributed by atoms with Gasteiger partial charge in [-0.1, -0.05) is 0 Å². The van der Waals surface area contributed by atoms with Crippen molar-refractivity contribution in [3.05, 3.63) is 41.4 Å². The molecule has 0 radical (unpaired) electrons. The monoisotopic (exact) mass is 498 g/mol. The summed E-state index contributed by atoms with van der Waals surface area (Å²) in [6.45, 7) is 6.89. The molecule has 2 saturated heterocycles. The Labute approximate surface area is 209 Å². The summed E-state index contributed by atoms with van der Waals surface area (Å²) in [5.74, 6) is 0.708. The average molecular weight is 499 g/mol. The lowest BCUT2D eigenvalue weighted by Crippen LogP contribution is -2.61. The maximum atomic E-state index is 13.2. The first kappa shape index (κ1) is 24.4. The topological polar surface area (TPSA) is 93.0 Å². The normalized spacial score (nSPS) is 23.1. The Hall–Kier alpha value is -3.27. The minimum Gasteiger partial charge on any atom is -0.487 e. The van der Waals surface area contributed by atoms with Crippen LogP contribution < -0.4 is 20.3 Å². The number of aliphatic imine (C=N–C) groups is 1. The minimum absolute atomic E-state index is 0.0972. The summed E-state index contributed by atoms with van der Waals surface area (Å²) in [7, 11) is 0. The largest absolute Gasteiger partial charge is 0.487 e. The molecular weight excluding hydrogens is 466 g/mol. The van der Waals surface area contributed by atoms with Gasteiger partial charge in [0.15, 0.2) is 0 Å². The first-order chi connectivity index (χ1) is 17.2. The van der Waals surface area contributed by atoms with Crippen LogP contribution in [0.2, 0.25) is 0 Å². The number of rotatable bonds is 6. The van der Waals surface area contributed by atoms with Crippen LogP contribution in [-0.2, 0) is 11.2 Å². The molecular formula is C26H32F2N6O2. The molecule has 0 atom stereocenters. The van der Waals surface area contributed by atoms with Crippen LogP contribution in [0.15, 0.2) is 40.8 Å². The number of carbonyl (C=O) groups is 1. The Balaban J connectivity index is 1.37. The van der Waals surface area contributed by atoms with Crippen molar-refractivity contribution in [3.63, 3.8) is 0 Å². The van der Waals surface area contributed by atoms with Crippen LogP contribution in [0.3, 0.4) is 0 Å². The van der Waals surface area contributed by atoms with Gasteiger partial charge in [0.05, 0.1) is 23.5 Å². The van der Waals surface area contributed by atoms with Gasteiger partial charge in [-0.05, 0) is 44.2 Å². The van der Waals surface area contributed by atoms with Gasteiger partial charge in [-0.25, -0.2) is 13.8 Å². The van der Waals surface area contributed by atoms with Crippen molar-refractivity contribution in [2.45, 2.75) is 45.1 Å². The van der Waals surface area contributed by atoms with E-state index in [-0.39, 0.29) is 23.1 Å². The zero-order valence-corrected chi connectivity index (χ0v) is 20.6. The van der Waals surface area contributed by atoms with E-state index in [1.54, 1.807) is 18.5 Å². The van der Waals surface area contributed by atoms with Crippen LogP contribution in [-0.4, -0.2) is 68.0 Å². The lowest BCUT2D eigenvalue weighted by atomic mass is 9.72. The molecule has 2 fully saturated rings. The van der Waals surface area contributed by atoms with Gasteiger partial charge in [0.1, 0.15) is 17.2 Å². The van der Waals surface area contributed by atoms with Gasteiger partial charge in [-0.2, -0.15) is 0 Å². The molecule has 8 nitrogen and oxygen atoms in total. The summed E-state index contributed by atoms with van der Waals surface area (Å²) < 4.78 is 31.6. The third kappa shape index (κ3) is 4.86. The summed E-state index contributed by atoms with van der Waals surface area (Å²) >= 11 is 0. The molecule has 192 valence electrons. The van der Waals surface area contributed by atoms with Crippen LogP contribution in [0, 0.1) is 10.8 Å². The van der Waals surface area contributed by atoms with Crippen molar-refractivity contribution < 1.29 is 18.3 Å². The van der Waals surface area contributed by atoms with Crippen LogP contribution in [0.5, 0.6) is 5.75 Å². The molecule has 5 rings (SSSR count). The summed E-state index contributed by atoms with van der Waals surface area (Å²) in [6, 6.07) is 3.97. The van der Waals surface area contributed by atoms with Crippen LogP contribution in [0.25, 0.3) is 0 Å². The van der Waals surface area contributed by atoms with Gasteiger partial charge in [-0.15, -0.1) is 0 Å². The number of nitrogens with one attached hydrogen (secondary N) is 3. The number of amides is 1. The zero-order chi connectivity index (χ0) is 25.5. The molecule has 0 saturated carbocycles. The Morgan fingerprint density at radius 3 is 2.69 bits per heavy atom. The standard InChI is InChI=1S/C26H32F2N6O2/c1-25(2)12-17-10-19(32-24(35)18(13-29)23-30-6-3-7-31-23)20(11-21(17)36-25)34-8-4-26(5-9-34)15-33(16-26)14-22(27)28/h3,6-7,10-11,13,22,29-30H,4-5,8-9,12,14-16H2,1-2H3,(H,32,35)/b23-18-,29-13?. The number of allylic oxidation sites excluding steroid dienone is 1. The first-order valence-corrected chi connectivity index (χ1v) is 12.3. The van der Waals surface area contributed by atoms with E-state index < -0.39 is 12.3 Å². The van der Waals surface area contributed by atoms with E-state index >= 15 is 0 Å². The smallest absolute Gasteiger partial charge is 0.261 e. The molecule has 0 bridgehead atoms. The number of nitrogens with zero attached hydrogens (tertiary/aromatic N) is 3. The second-order valence-electron chi connectivity index (χ2n) is 10.7. The number of carbonyl (C=O) groups excluding carboxylic acids is 1. The number of piperidine rings is 1. The zero-order valence-electron chi connectivity index (χ0n) is 20.6. The Morgan fingerprint density at radius 1 is 1.31 bits per heavy atom. The van der Waals surface area contributed by atoms with Crippen molar-refractivity contribution in [2.75, 3.05) is 42.9 Å². The number of benzene rings is 1. The lowest BCUT2D eigenvalue weighted by molar-refractivity contribution is -0.112. The number of likely N-dealkylation sites (tertiary alicyclic amines) is 1. The second-order valence-corrected chi connectivity index (χ2v) is 10.7. The minimum atomic E-state index is -2.30. The maximum Gasteiger partial charge on any atom is 0.261 e. The van der Waals surface area contributed by atoms with E-state index in [1.165, 1.54) is 0 Å². The summed E-state index contributed by atoms with van der Waals surface area (Å²) in [6.07, 6.45) is 6.18. The van der Waals surface area contributed by atoms with E-state index in [0.29, 0.717) is 24.6 Å². The van der Waals surface area contributed by atoms with Gasteiger partial charge in [0, 0.05) is 62.9 Å².